The van der Waals surface area contributed by atoms with E-state index >= 15 is 0 Å². The van der Waals surface area contributed by atoms with Gasteiger partial charge in [0.2, 0.25) is 5.91 Å². The molecule has 0 fully saturated rings. The molecule has 0 aliphatic rings. The van der Waals surface area contributed by atoms with Crippen LogP contribution in [0.25, 0.3) is 0 Å². The summed E-state index contributed by atoms with van der Waals surface area (Å²) in [6.45, 7) is 1.98. The first-order valence-electron chi connectivity index (χ1n) is 7.87. The van der Waals surface area contributed by atoms with E-state index < -0.39 is 12.0 Å². The van der Waals surface area contributed by atoms with Crippen molar-refractivity contribution in [2.24, 2.45) is 0 Å². The van der Waals surface area contributed by atoms with E-state index in [4.69, 9.17) is 11.9 Å². The van der Waals surface area contributed by atoms with Gasteiger partial charge in [0.05, 0.1) is 6.54 Å². The molecule has 0 aliphatic heterocycles. The first-order chi connectivity index (χ1) is 12.5. The standard InChI is InChI=1S/C18H17BrClFN2O3/c1-2-17(24)23(18(25)26-20)11-10-22(15-8-6-14(21)7-9-15)16-5-3-4-13(19)12-16/h3-9,12H,2,10-11H2,1H3. The molecule has 2 aromatic carbocycles. The Labute approximate surface area is 164 Å². The van der Waals surface area contributed by atoms with Crippen LogP contribution in [-0.2, 0) is 9.08 Å². The third kappa shape index (κ3) is 5.19. The first kappa shape index (κ1) is 20.2. The number of benzene rings is 2. The van der Waals surface area contributed by atoms with Crippen molar-refractivity contribution in [3.05, 3.63) is 58.8 Å². The van der Waals surface area contributed by atoms with Crippen LogP contribution in [0.3, 0.4) is 0 Å². The van der Waals surface area contributed by atoms with Crippen LogP contribution in [0.15, 0.2) is 53.0 Å². The number of imide groups is 1. The zero-order valence-corrected chi connectivity index (χ0v) is 16.3. The smallest absolute Gasteiger partial charge is 0.340 e. The van der Waals surface area contributed by atoms with Crippen LogP contribution in [-0.4, -0.2) is 30.0 Å². The van der Waals surface area contributed by atoms with Gasteiger partial charge in [-0.05, 0) is 42.5 Å². The maximum Gasteiger partial charge on any atom is 0.434 e. The van der Waals surface area contributed by atoms with Crippen molar-refractivity contribution in [1.29, 1.82) is 0 Å². The van der Waals surface area contributed by atoms with E-state index in [2.05, 4.69) is 20.2 Å². The molecule has 0 radical (unpaired) electrons. The molecular formula is C18H17BrClFN2O3. The molecule has 0 saturated heterocycles. The number of anilines is 2. The van der Waals surface area contributed by atoms with Gasteiger partial charge in [0.15, 0.2) is 0 Å². The predicted octanol–water partition coefficient (Wildman–Crippen LogP) is 5.26. The van der Waals surface area contributed by atoms with Crippen molar-refractivity contribution in [1.82, 2.24) is 4.90 Å². The predicted molar refractivity (Wildman–Crippen MR) is 102 cm³/mol. The second-order valence-corrected chi connectivity index (χ2v) is 6.42. The van der Waals surface area contributed by atoms with Crippen molar-refractivity contribution in [3.63, 3.8) is 0 Å². The van der Waals surface area contributed by atoms with E-state index in [0.717, 1.165) is 15.1 Å². The van der Waals surface area contributed by atoms with Crippen molar-refractivity contribution >= 4 is 51.2 Å². The van der Waals surface area contributed by atoms with Gasteiger partial charge in [-0.1, -0.05) is 28.9 Å². The van der Waals surface area contributed by atoms with Gasteiger partial charge in [0.25, 0.3) is 0 Å². The van der Waals surface area contributed by atoms with Gasteiger partial charge in [0.1, 0.15) is 17.7 Å². The molecule has 26 heavy (non-hydrogen) atoms. The summed E-state index contributed by atoms with van der Waals surface area (Å²) >= 11 is 8.55. The highest BCUT2D eigenvalue weighted by atomic mass is 79.9. The summed E-state index contributed by atoms with van der Waals surface area (Å²) in [5.41, 5.74) is 1.53. The van der Waals surface area contributed by atoms with Gasteiger partial charge in [-0.2, -0.15) is 0 Å². The average molecular weight is 444 g/mol. The summed E-state index contributed by atoms with van der Waals surface area (Å²) in [7, 11) is 0. The minimum Gasteiger partial charge on any atom is -0.340 e. The molecule has 2 aromatic rings. The molecular weight excluding hydrogens is 427 g/mol. The summed E-state index contributed by atoms with van der Waals surface area (Å²) in [6, 6.07) is 13.5. The van der Waals surface area contributed by atoms with Crippen molar-refractivity contribution in [2.75, 3.05) is 18.0 Å². The number of carbonyl (C=O) groups is 2. The second-order valence-electron chi connectivity index (χ2n) is 5.35. The molecule has 138 valence electrons. The summed E-state index contributed by atoms with van der Waals surface area (Å²) in [6.07, 6.45) is -0.786. The van der Waals surface area contributed by atoms with E-state index in [1.165, 1.54) is 12.1 Å². The largest absolute Gasteiger partial charge is 0.434 e. The van der Waals surface area contributed by atoms with Gasteiger partial charge in [0, 0.05) is 28.8 Å². The molecule has 0 N–H and O–H groups in total. The van der Waals surface area contributed by atoms with Gasteiger partial charge < -0.3 is 9.19 Å². The van der Waals surface area contributed by atoms with Crippen LogP contribution >= 0.6 is 27.8 Å². The molecule has 2 amide bonds. The number of amides is 2. The van der Waals surface area contributed by atoms with Crippen LogP contribution in [0.1, 0.15) is 13.3 Å². The van der Waals surface area contributed by atoms with E-state index in [0.29, 0.717) is 5.69 Å². The summed E-state index contributed by atoms with van der Waals surface area (Å²) < 4.78 is 18.3. The number of carbonyl (C=O) groups excluding carboxylic acids is 2. The number of rotatable bonds is 6. The maximum absolute atomic E-state index is 13.3. The molecule has 0 bridgehead atoms. The molecule has 0 spiro atoms. The molecule has 0 aromatic heterocycles. The lowest BCUT2D eigenvalue weighted by Gasteiger charge is -2.28. The topological polar surface area (TPSA) is 49.9 Å². The zero-order chi connectivity index (χ0) is 19.1. The Morgan fingerprint density at radius 2 is 1.81 bits per heavy atom. The fourth-order valence-electron chi connectivity index (χ4n) is 2.42. The van der Waals surface area contributed by atoms with Gasteiger partial charge in [-0.3, -0.25) is 4.79 Å². The first-order valence-corrected chi connectivity index (χ1v) is 8.98. The number of hydrogen-bond acceptors (Lipinski definition) is 4. The quantitative estimate of drug-likeness (QED) is 0.611. The van der Waals surface area contributed by atoms with E-state index in [-0.39, 0.29) is 25.3 Å². The van der Waals surface area contributed by atoms with Gasteiger partial charge in [-0.15, -0.1) is 0 Å². The lowest BCUT2D eigenvalue weighted by Crippen LogP contribution is -2.40. The zero-order valence-electron chi connectivity index (χ0n) is 14.0. The van der Waals surface area contributed by atoms with E-state index in [1.54, 1.807) is 19.1 Å². The number of nitrogens with zero attached hydrogens (tertiary/aromatic N) is 2. The Kier molecular flexibility index (Phi) is 7.41. The Bertz CT molecular complexity index is 757. The molecule has 0 unspecified atom stereocenters. The Hall–Kier alpha value is -2.12. The third-order valence-electron chi connectivity index (χ3n) is 3.70. The van der Waals surface area contributed by atoms with Crippen LogP contribution in [0.2, 0.25) is 0 Å². The van der Waals surface area contributed by atoms with Crippen molar-refractivity contribution in [2.45, 2.75) is 13.3 Å². The molecule has 8 heteroatoms. The van der Waals surface area contributed by atoms with Crippen LogP contribution < -0.4 is 4.90 Å². The fourth-order valence-corrected chi connectivity index (χ4v) is 2.89. The highest BCUT2D eigenvalue weighted by Crippen LogP contribution is 2.27. The molecule has 0 saturated carbocycles. The van der Waals surface area contributed by atoms with Gasteiger partial charge >= 0.3 is 6.09 Å². The van der Waals surface area contributed by atoms with Crippen LogP contribution in [0, 0.1) is 5.82 Å². The SMILES string of the molecule is CCC(=O)N(CCN(c1ccc(F)cc1)c1cccc(Br)c1)C(=O)OCl. The molecule has 2 rings (SSSR count). The normalized spacial score (nSPS) is 10.3. The van der Waals surface area contributed by atoms with E-state index in [1.807, 2.05) is 29.2 Å². The van der Waals surface area contributed by atoms with Crippen LogP contribution in [0.4, 0.5) is 20.6 Å². The minimum absolute atomic E-state index is 0.0577. The lowest BCUT2D eigenvalue weighted by atomic mass is 10.2. The lowest BCUT2D eigenvalue weighted by molar-refractivity contribution is -0.128. The second kappa shape index (κ2) is 9.54. The monoisotopic (exact) mass is 442 g/mol. The molecule has 0 atom stereocenters. The van der Waals surface area contributed by atoms with Crippen LogP contribution in [0.5, 0.6) is 0 Å². The highest BCUT2D eigenvalue weighted by Gasteiger charge is 2.23. The fraction of sp³-hybridized carbons (Fsp3) is 0.222. The number of hydrogen-bond donors (Lipinski definition) is 0. The summed E-state index contributed by atoms with van der Waals surface area (Å²) in [5.74, 6) is -0.750. The Morgan fingerprint density at radius 3 is 2.38 bits per heavy atom. The summed E-state index contributed by atoms with van der Waals surface area (Å²) in [4.78, 5) is 26.6. The molecule has 0 aliphatic carbocycles. The Balaban J connectivity index is 2.30. The Morgan fingerprint density at radius 1 is 1.12 bits per heavy atom. The highest BCUT2D eigenvalue weighted by molar-refractivity contribution is 9.10. The van der Waals surface area contributed by atoms with Crippen molar-refractivity contribution < 1.29 is 18.3 Å². The average Bonchev–Trinajstić information content (AvgIpc) is 2.65. The number of halogens is 3. The molecule has 5 nitrogen and oxygen atoms in total. The van der Waals surface area contributed by atoms with Crippen molar-refractivity contribution in [3.8, 4) is 0 Å². The maximum atomic E-state index is 13.3. The molecule has 0 heterocycles. The third-order valence-corrected chi connectivity index (χ3v) is 4.32. The minimum atomic E-state index is -0.924. The van der Waals surface area contributed by atoms with Gasteiger partial charge in [-0.25, -0.2) is 14.1 Å². The van der Waals surface area contributed by atoms with E-state index in [9.17, 15) is 14.0 Å². The summed E-state index contributed by atoms with van der Waals surface area (Å²) in [5, 5.41) is 0.